The molecule has 1 aromatic heterocycles. The summed E-state index contributed by atoms with van der Waals surface area (Å²) in [6, 6.07) is 1.31. The minimum Gasteiger partial charge on any atom is -0.364 e. The van der Waals surface area contributed by atoms with Crippen LogP contribution in [-0.2, 0) is 17.1 Å². The Kier molecular flexibility index (Phi) is 3.66. The van der Waals surface area contributed by atoms with Gasteiger partial charge in [0.25, 0.3) is 5.91 Å². The molecule has 4 N–H and O–H groups in total. The molecule has 0 bridgehead atoms. The molecule has 0 spiro atoms. The zero-order chi connectivity index (χ0) is 14.2. The Morgan fingerprint density at radius 3 is 2.68 bits per heavy atom. The summed E-state index contributed by atoms with van der Waals surface area (Å²) in [7, 11) is -1.98. The van der Waals surface area contributed by atoms with Gasteiger partial charge in [-0.2, -0.15) is 4.31 Å². The van der Waals surface area contributed by atoms with Gasteiger partial charge in [-0.25, -0.2) is 8.42 Å². The lowest BCUT2D eigenvalue weighted by atomic mass is 10.1. The van der Waals surface area contributed by atoms with Crippen LogP contribution < -0.4 is 11.5 Å². The first-order valence-corrected chi connectivity index (χ1v) is 7.46. The Morgan fingerprint density at radius 2 is 2.21 bits per heavy atom. The van der Waals surface area contributed by atoms with Crippen molar-refractivity contribution < 1.29 is 13.2 Å². The van der Waals surface area contributed by atoms with E-state index in [1.807, 2.05) is 0 Å². The third-order valence-corrected chi connectivity index (χ3v) is 5.28. The number of primary amides is 1. The van der Waals surface area contributed by atoms with Crippen molar-refractivity contribution >= 4 is 15.9 Å². The molecule has 19 heavy (non-hydrogen) atoms. The molecule has 2 rings (SSSR count). The average Bonchev–Trinajstić information content (AvgIpc) is 2.95. The molecule has 1 atom stereocenters. The molecule has 1 aliphatic heterocycles. The van der Waals surface area contributed by atoms with E-state index in [0.717, 1.165) is 6.42 Å². The summed E-state index contributed by atoms with van der Waals surface area (Å²) in [5.41, 5.74) is 10.9. The SMILES string of the molecule is Cn1cc(S(=O)(=O)N2CCC(CN)C2)cc1C(N)=O. The Bertz CT molecular complexity index is 593. The van der Waals surface area contributed by atoms with E-state index in [1.54, 1.807) is 7.05 Å². The second-order valence-electron chi connectivity index (χ2n) is 4.79. The summed E-state index contributed by atoms with van der Waals surface area (Å²) in [4.78, 5) is 11.3. The van der Waals surface area contributed by atoms with Gasteiger partial charge in [0.1, 0.15) is 10.6 Å². The summed E-state index contributed by atoms with van der Waals surface area (Å²) in [6.07, 6.45) is 2.18. The maximum atomic E-state index is 12.4. The lowest BCUT2D eigenvalue weighted by molar-refractivity contribution is 0.0992. The number of rotatable bonds is 4. The number of nitrogens with two attached hydrogens (primary N) is 2. The summed E-state index contributed by atoms with van der Waals surface area (Å²) in [5, 5.41) is 0. The van der Waals surface area contributed by atoms with Crippen LogP contribution in [-0.4, -0.2) is 42.8 Å². The summed E-state index contributed by atoms with van der Waals surface area (Å²) in [6.45, 7) is 1.37. The maximum Gasteiger partial charge on any atom is 0.265 e. The van der Waals surface area contributed by atoms with Gasteiger partial charge in [-0.1, -0.05) is 0 Å². The standard InChI is InChI=1S/C11H18N4O3S/c1-14-7-9(4-10(14)11(13)16)19(17,18)15-3-2-8(5-12)6-15/h4,7-8H,2-3,5-6,12H2,1H3,(H2,13,16). The first-order chi connectivity index (χ1) is 8.86. The molecular formula is C11H18N4O3S. The third-order valence-electron chi connectivity index (χ3n) is 3.45. The highest BCUT2D eigenvalue weighted by Gasteiger charge is 2.33. The monoisotopic (exact) mass is 286 g/mol. The number of aromatic nitrogens is 1. The van der Waals surface area contributed by atoms with Crippen molar-refractivity contribution in [2.45, 2.75) is 11.3 Å². The minimum atomic E-state index is -3.57. The largest absolute Gasteiger partial charge is 0.364 e. The van der Waals surface area contributed by atoms with E-state index in [0.29, 0.717) is 19.6 Å². The molecule has 1 aliphatic rings. The van der Waals surface area contributed by atoms with Crippen LogP contribution in [0.4, 0.5) is 0 Å². The molecule has 106 valence electrons. The van der Waals surface area contributed by atoms with E-state index in [-0.39, 0.29) is 16.5 Å². The predicted molar refractivity (Wildman–Crippen MR) is 69.9 cm³/mol. The second kappa shape index (κ2) is 4.95. The quantitative estimate of drug-likeness (QED) is 0.746. The van der Waals surface area contributed by atoms with Crippen molar-refractivity contribution in [3.05, 3.63) is 18.0 Å². The zero-order valence-electron chi connectivity index (χ0n) is 10.7. The lowest BCUT2D eigenvalue weighted by Gasteiger charge is -2.15. The number of carbonyl (C=O) groups is 1. The van der Waals surface area contributed by atoms with Gasteiger partial charge in [0.05, 0.1) is 0 Å². The molecule has 1 amide bonds. The fourth-order valence-electron chi connectivity index (χ4n) is 2.28. The van der Waals surface area contributed by atoms with Crippen molar-refractivity contribution in [3.63, 3.8) is 0 Å². The Balaban J connectivity index is 2.30. The number of aryl methyl sites for hydroxylation is 1. The Labute approximate surface area is 112 Å². The van der Waals surface area contributed by atoms with E-state index < -0.39 is 15.9 Å². The number of carbonyl (C=O) groups excluding carboxylic acids is 1. The third kappa shape index (κ3) is 2.51. The van der Waals surface area contributed by atoms with Crippen molar-refractivity contribution in [1.29, 1.82) is 0 Å². The van der Waals surface area contributed by atoms with Gasteiger partial charge >= 0.3 is 0 Å². The van der Waals surface area contributed by atoms with Gasteiger partial charge in [-0.15, -0.1) is 0 Å². The van der Waals surface area contributed by atoms with Gasteiger partial charge < -0.3 is 16.0 Å². The van der Waals surface area contributed by atoms with Gasteiger partial charge in [0.2, 0.25) is 10.0 Å². The van der Waals surface area contributed by atoms with E-state index in [9.17, 15) is 13.2 Å². The van der Waals surface area contributed by atoms with Crippen LogP contribution in [0.25, 0.3) is 0 Å². The van der Waals surface area contributed by atoms with Crippen LogP contribution >= 0.6 is 0 Å². The highest BCUT2D eigenvalue weighted by Crippen LogP contribution is 2.24. The van der Waals surface area contributed by atoms with Gasteiger partial charge in [-0.3, -0.25) is 4.79 Å². The molecular weight excluding hydrogens is 268 g/mol. The number of hydrogen-bond donors (Lipinski definition) is 2. The smallest absolute Gasteiger partial charge is 0.265 e. The summed E-state index contributed by atoms with van der Waals surface area (Å²) >= 11 is 0. The van der Waals surface area contributed by atoms with Crippen molar-refractivity contribution in [1.82, 2.24) is 8.87 Å². The van der Waals surface area contributed by atoms with Crippen molar-refractivity contribution in [2.75, 3.05) is 19.6 Å². The molecule has 2 heterocycles. The van der Waals surface area contributed by atoms with Gasteiger partial charge in [0.15, 0.2) is 0 Å². The fourth-order valence-corrected chi connectivity index (χ4v) is 3.88. The van der Waals surface area contributed by atoms with Crippen LogP contribution in [0, 0.1) is 5.92 Å². The average molecular weight is 286 g/mol. The van der Waals surface area contributed by atoms with Crippen LogP contribution in [0.2, 0.25) is 0 Å². The van der Waals surface area contributed by atoms with E-state index >= 15 is 0 Å². The Hall–Kier alpha value is -1.38. The number of sulfonamides is 1. The second-order valence-corrected chi connectivity index (χ2v) is 6.73. The van der Waals surface area contributed by atoms with Crippen LogP contribution in [0.1, 0.15) is 16.9 Å². The molecule has 0 aliphatic carbocycles. The van der Waals surface area contributed by atoms with E-state index in [2.05, 4.69) is 0 Å². The fraction of sp³-hybridized carbons (Fsp3) is 0.545. The molecule has 1 unspecified atom stereocenters. The van der Waals surface area contributed by atoms with E-state index in [4.69, 9.17) is 11.5 Å². The van der Waals surface area contributed by atoms with Crippen molar-refractivity contribution in [2.24, 2.45) is 24.4 Å². The van der Waals surface area contributed by atoms with Crippen molar-refractivity contribution in [3.8, 4) is 0 Å². The highest BCUT2D eigenvalue weighted by atomic mass is 32.2. The molecule has 1 aromatic rings. The van der Waals surface area contributed by atoms with Crippen LogP contribution in [0.5, 0.6) is 0 Å². The number of amides is 1. The molecule has 8 heteroatoms. The first-order valence-electron chi connectivity index (χ1n) is 6.02. The molecule has 0 saturated carbocycles. The minimum absolute atomic E-state index is 0.0986. The normalized spacial score (nSPS) is 20.8. The lowest BCUT2D eigenvalue weighted by Crippen LogP contribution is -2.29. The van der Waals surface area contributed by atoms with Crippen LogP contribution in [0.3, 0.4) is 0 Å². The summed E-state index contributed by atoms with van der Waals surface area (Å²) in [5.74, 6) is -0.445. The highest BCUT2D eigenvalue weighted by molar-refractivity contribution is 7.89. The molecule has 1 saturated heterocycles. The number of hydrogen-bond acceptors (Lipinski definition) is 4. The van der Waals surface area contributed by atoms with Gasteiger partial charge in [-0.05, 0) is 24.9 Å². The summed E-state index contributed by atoms with van der Waals surface area (Å²) < 4.78 is 27.6. The number of nitrogens with zero attached hydrogens (tertiary/aromatic N) is 2. The molecule has 7 nitrogen and oxygen atoms in total. The predicted octanol–water partition coefficient (Wildman–Crippen LogP) is -0.907. The molecule has 1 fully saturated rings. The first kappa shape index (κ1) is 14.0. The van der Waals surface area contributed by atoms with Crippen LogP contribution in [0.15, 0.2) is 17.2 Å². The zero-order valence-corrected chi connectivity index (χ0v) is 11.6. The Morgan fingerprint density at radius 1 is 1.53 bits per heavy atom. The van der Waals surface area contributed by atoms with Gasteiger partial charge in [0, 0.05) is 26.3 Å². The molecule has 0 radical (unpaired) electrons. The topological polar surface area (TPSA) is 111 Å². The molecule has 0 aromatic carbocycles. The van der Waals surface area contributed by atoms with E-state index in [1.165, 1.54) is 21.1 Å². The maximum absolute atomic E-state index is 12.4.